The molecular formula is C5H14N2O4Si4. The van der Waals surface area contributed by atoms with E-state index in [-0.39, 0.29) is 0 Å². The van der Waals surface area contributed by atoms with E-state index >= 15 is 0 Å². The molecule has 10 heteroatoms. The lowest BCUT2D eigenvalue weighted by molar-refractivity contribution is 0.328. The highest BCUT2D eigenvalue weighted by molar-refractivity contribution is 6.59. The van der Waals surface area contributed by atoms with Crippen LogP contribution in [0.2, 0.25) is 6.04 Å². The van der Waals surface area contributed by atoms with E-state index in [9.17, 15) is 0 Å². The molecule has 84 valence electrons. The van der Waals surface area contributed by atoms with E-state index in [0.29, 0.717) is 0 Å². The summed E-state index contributed by atoms with van der Waals surface area (Å²) in [5.74, 6) is 0. The Labute approximate surface area is 98.1 Å². The van der Waals surface area contributed by atoms with Crippen molar-refractivity contribution in [1.82, 2.24) is 0 Å². The molecule has 0 aromatic carbocycles. The standard InChI is InChI=1S/C3H14O4Si4.C2N2/c1-2-3-11-6-9-4-8-5-10-7-11;3-1-2-4/h11H,2-3,8-10H2,1H3;. The van der Waals surface area contributed by atoms with Gasteiger partial charge in [0.1, 0.15) is 0 Å². The van der Waals surface area contributed by atoms with Gasteiger partial charge in [0.2, 0.25) is 0 Å². The maximum atomic E-state index is 7.26. The van der Waals surface area contributed by atoms with Gasteiger partial charge in [0, 0.05) is 0 Å². The van der Waals surface area contributed by atoms with Crippen molar-refractivity contribution < 1.29 is 16.5 Å². The van der Waals surface area contributed by atoms with Crippen molar-refractivity contribution >= 4 is 39.3 Å². The molecule has 1 heterocycles. The summed E-state index contributed by atoms with van der Waals surface area (Å²) in [5.41, 5.74) is 0. The summed E-state index contributed by atoms with van der Waals surface area (Å²) < 4.78 is 21.6. The van der Waals surface area contributed by atoms with E-state index in [4.69, 9.17) is 27.0 Å². The molecule has 0 radical (unpaired) electrons. The number of hydrogen-bond acceptors (Lipinski definition) is 6. The second-order valence-electron chi connectivity index (χ2n) is 2.54. The molecule has 0 amide bonds. The first kappa shape index (κ1) is 14.7. The molecule has 0 unspecified atom stereocenters. The van der Waals surface area contributed by atoms with Crippen molar-refractivity contribution in [2.24, 2.45) is 0 Å². The van der Waals surface area contributed by atoms with Gasteiger partial charge < -0.3 is 16.5 Å². The SMILES string of the molecule is CCC[SiH]1O[SiH2]O[SiH2]O[SiH2]O1.N#CC#N. The Morgan fingerprint density at radius 2 is 1.60 bits per heavy atom. The number of rotatable bonds is 2. The molecule has 0 spiro atoms. The van der Waals surface area contributed by atoms with Crippen LogP contribution in [0.1, 0.15) is 13.3 Å². The van der Waals surface area contributed by atoms with Crippen LogP contribution in [-0.4, -0.2) is 39.3 Å². The largest absolute Gasteiger partial charge is 0.425 e. The molecule has 0 atom stereocenters. The molecule has 0 saturated carbocycles. The molecule has 15 heavy (non-hydrogen) atoms. The first-order valence-electron chi connectivity index (χ1n) is 4.52. The van der Waals surface area contributed by atoms with E-state index in [0.717, 1.165) is 12.5 Å². The highest BCUT2D eigenvalue weighted by Gasteiger charge is 2.13. The highest BCUT2D eigenvalue weighted by atomic mass is 28.4. The Bertz CT molecular complexity index is 210. The molecule has 1 fully saturated rings. The van der Waals surface area contributed by atoms with Gasteiger partial charge in [-0.2, -0.15) is 10.5 Å². The third-order valence-corrected chi connectivity index (χ3v) is 9.19. The molecule has 0 N–H and O–H groups in total. The average molecular weight is 279 g/mol. The van der Waals surface area contributed by atoms with Gasteiger partial charge in [0.15, 0.2) is 12.1 Å². The zero-order valence-electron chi connectivity index (χ0n) is 8.64. The maximum Gasteiger partial charge on any atom is 0.303 e. The topological polar surface area (TPSA) is 84.5 Å². The van der Waals surface area contributed by atoms with Crippen molar-refractivity contribution in [3.05, 3.63) is 0 Å². The second kappa shape index (κ2) is 11.8. The number of nitriles is 2. The predicted molar refractivity (Wildman–Crippen MR) is 63.4 cm³/mol. The van der Waals surface area contributed by atoms with Crippen LogP contribution in [0.4, 0.5) is 0 Å². The van der Waals surface area contributed by atoms with Gasteiger partial charge in [-0.15, -0.1) is 0 Å². The van der Waals surface area contributed by atoms with Crippen molar-refractivity contribution in [3.63, 3.8) is 0 Å². The van der Waals surface area contributed by atoms with Crippen LogP contribution in [0.25, 0.3) is 0 Å². The monoisotopic (exact) mass is 278 g/mol. The molecule has 1 aliphatic rings. The summed E-state index contributed by atoms with van der Waals surface area (Å²) in [5, 5.41) is 14.5. The van der Waals surface area contributed by atoms with Crippen molar-refractivity contribution in [3.8, 4) is 12.1 Å². The Kier molecular flexibility index (Phi) is 11.5. The van der Waals surface area contributed by atoms with Crippen molar-refractivity contribution in [2.75, 3.05) is 0 Å². The van der Waals surface area contributed by atoms with Crippen LogP contribution < -0.4 is 0 Å². The molecule has 6 nitrogen and oxygen atoms in total. The summed E-state index contributed by atoms with van der Waals surface area (Å²) >= 11 is 0. The average Bonchev–Trinajstić information content (AvgIpc) is 2.22. The van der Waals surface area contributed by atoms with Crippen LogP contribution in [0.15, 0.2) is 0 Å². The van der Waals surface area contributed by atoms with Gasteiger partial charge in [0.25, 0.3) is 30.0 Å². The molecule has 0 aromatic heterocycles. The Balaban J connectivity index is 0.000000423. The van der Waals surface area contributed by atoms with Gasteiger partial charge in [-0.25, -0.2) is 0 Å². The second-order valence-corrected chi connectivity index (χ2v) is 10.6. The van der Waals surface area contributed by atoms with E-state index in [2.05, 4.69) is 6.92 Å². The summed E-state index contributed by atoms with van der Waals surface area (Å²) in [6, 6.07) is 3.58. The fourth-order valence-electron chi connectivity index (χ4n) is 0.825. The zero-order valence-corrected chi connectivity index (χ0v) is 14.0. The van der Waals surface area contributed by atoms with Crippen molar-refractivity contribution in [2.45, 2.75) is 19.4 Å². The van der Waals surface area contributed by atoms with E-state index < -0.39 is 39.3 Å². The number of nitrogens with zero attached hydrogens (tertiary/aromatic N) is 2. The molecule has 0 aromatic rings. The fraction of sp³-hybridized carbons (Fsp3) is 0.600. The molecular weight excluding hydrogens is 264 g/mol. The normalized spacial score (nSPS) is 25.7. The van der Waals surface area contributed by atoms with Crippen LogP contribution in [0.3, 0.4) is 0 Å². The van der Waals surface area contributed by atoms with Crippen molar-refractivity contribution in [1.29, 1.82) is 10.5 Å². The fourth-order valence-corrected chi connectivity index (χ4v) is 9.67. The van der Waals surface area contributed by atoms with E-state index in [1.807, 2.05) is 0 Å². The minimum Gasteiger partial charge on any atom is -0.425 e. The summed E-state index contributed by atoms with van der Waals surface area (Å²) in [7, 11) is -3.43. The number of hydrogen-bond donors (Lipinski definition) is 0. The van der Waals surface area contributed by atoms with Gasteiger partial charge in [-0.1, -0.05) is 13.3 Å². The summed E-state index contributed by atoms with van der Waals surface area (Å²) in [4.78, 5) is 0. The molecule has 0 aliphatic carbocycles. The lowest BCUT2D eigenvalue weighted by Crippen LogP contribution is -2.32. The Morgan fingerprint density at radius 3 is 2.00 bits per heavy atom. The lowest BCUT2D eigenvalue weighted by Gasteiger charge is -2.19. The van der Waals surface area contributed by atoms with Crippen LogP contribution in [0, 0.1) is 22.7 Å². The van der Waals surface area contributed by atoms with Gasteiger partial charge in [-0.05, 0) is 6.04 Å². The molecule has 0 bridgehead atoms. The smallest absolute Gasteiger partial charge is 0.303 e. The first-order chi connectivity index (χ1) is 7.35. The minimum absolute atomic E-state index is 0.689. The quantitative estimate of drug-likeness (QED) is 0.530. The summed E-state index contributed by atoms with van der Waals surface area (Å²) in [6.45, 7) is 2.15. The minimum atomic E-state index is -1.30. The highest BCUT2D eigenvalue weighted by Crippen LogP contribution is 2.00. The molecule has 1 rings (SSSR count). The predicted octanol–water partition coefficient (Wildman–Crippen LogP) is -2.27. The van der Waals surface area contributed by atoms with Crippen LogP contribution in [0.5, 0.6) is 0 Å². The van der Waals surface area contributed by atoms with Gasteiger partial charge in [0.05, 0.1) is 0 Å². The van der Waals surface area contributed by atoms with Crippen LogP contribution >= 0.6 is 0 Å². The zero-order chi connectivity index (χ0) is 11.4. The van der Waals surface area contributed by atoms with Gasteiger partial charge >= 0.3 is 9.28 Å². The van der Waals surface area contributed by atoms with Gasteiger partial charge in [-0.3, -0.25) is 0 Å². The molecule has 1 saturated heterocycles. The lowest BCUT2D eigenvalue weighted by atomic mass is 10.6. The molecule has 1 aliphatic heterocycles. The Hall–Kier alpha value is -0.312. The van der Waals surface area contributed by atoms with Crippen LogP contribution in [-0.2, 0) is 16.5 Å². The first-order valence-corrected chi connectivity index (χ1v) is 9.74. The maximum absolute atomic E-state index is 7.26. The third-order valence-electron chi connectivity index (χ3n) is 1.42. The van der Waals surface area contributed by atoms with E-state index in [1.165, 1.54) is 12.1 Å². The third kappa shape index (κ3) is 9.98. The van der Waals surface area contributed by atoms with E-state index in [1.54, 1.807) is 0 Å². The Morgan fingerprint density at radius 1 is 1.07 bits per heavy atom. The summed E-state index contributed by atoms with van der Waals surface area (Å²) in [6.07, 6.45) is 1.15.